The standard InChI is InChI=1S/C16H26N2O/c1-5-16(3)12-18(10-6-9-17-16)14-7-8-15(19-4)13(2)11-14/h7-8,11,17H,5-6,9-10,12H2,1-4H3. The molecule has 0 bridgehead atoms. The van der Waals surface area contributed by atoms with Gasteiger partial charge in [0.1, 0.15) is 5.75 Å². The van der Waals surface area contributed by atoms with E-state index < -0.39 is 0 Å². The van der Waals surface area contributed by atoms with Crippen LogP contribution in [-0.2, 0) is 0 Å². The highest BCUT2D eigenvalue weighted by Gasteiger charge is 2.27. The van der Waals surface area contributed by atoms with Crippen molar-refractivity contribution in [3.8, 4) is 5.75 Å². The van der Waals surface area contributed by atoms with Crippen molar-refractivity contribution in [2.24, 2.45) is 0 Å². The van der Waals surface area contributed by atoms with Crippen molar-refractivity contribution >= 4 is 5.69 Å². The largest absolute Gasteiger partial charge is 0.496 e. The highest BCUT2D eigenvalue weighted by atomic mass is 16.5. The molecule has 1 atom stereocenters. The first kappa shape index (κ1) is 14.2. The fourth-order valence-electron chi connectivity index (χ4n) is 2.73. The fourth-order valence-corrected chi connectivity index (χ4v) is 2.73. The molecule has 0 spiro atoms. The van der Waals surface area contributed by atoms with E-state index in [1.807, 2.05) is 0 Å². The number of nitrogens with zero attached hydrogens (tertiary/aromatic N) is 1. The lowest BCUT2D eigenvalue weighted by atomic mass is 9.98. The number of ether oxygens (including phenoxy) is 1. The van der Waals surface area contributed by atoms with E-state index >= 15 is 0 Å². The Morgan fingerprint density at radius 3 is 2.84 bits per heavy atom. The van der Waals surface area contributed by atoms with Crippen LogP contribution in [0, 0.1) is 6.92 Å². The average molecular weight is 262 g/mol. The van der Waals surface area contributed by atoms with Gasteiger partial charge in [-0.15, -0.1) is 0 Å². The summed E-state index contributed by atoms with van der Waals surface area (Å²) in [5.74, 6) is 0.968. The number of anilines is 1. The molecule has 106 valence electrons. The lowest BCUT2D eigenvalue weighted by Crippen LogP contribution is -2.48. The zero-order valence-electron chi connectivity index (χ0n) is 12.6. The summed E-state index contributed by atoms with van der Waals surface area (Å²) >= 11 is 0. The number of methoxy groups -OCH3 is 1. The van der Waals surface area contributed by atoms with Gasteiger partial charge in [0.2, 0.25) is 0 Å². The van der Waals surface area contributed by atoms with Crippen LogP contribution in [-0.4, -0.2) is 32.3 Å². The van der Waals surface area contributed by atoms with Crippen LogP contribution in [0.2, 0.25) is 0 Å². The van der Waals surface area contributed by atoms with E-state index in [0.717, 1.165) is 31.8 Å². The second-order valence-electron chi connectivity index (χ2n) is 5.77. The minimum atomic E-state index is 0.213. The van der Waals surface area contributed by atoms with Gasteiger partial charge in [-0.25, -0.2) is 0 Å². The maximum atomic E-state index is 5.34. The minimum absolute atomic E-state index is 0.213. The average Bonchev–Trinajstić information content (AvgIpc) is 2.61. The summed E-state index contributed by atoms with van der Waals surface area (Å²) in [4.78, 5) is 2.50. The second kappa shape index (κ2) is 5.83. The van der Waals surface area contributed by atoms with Gasteiger partial charge in [-0.1, -0.05) is 6.92 Å². The van der Waals surface area contributed by atoms with Crippen molar-refractivity contribution in [3.63, 3.8) is 0 Å². The number of hydrogen-bond donors (Lipinski definition) is 1. The maximum absolute atomic E-state index is 5.34. The molecule has 1 fully saturated rings. The first-order chi connectivity index (χ1) is 9.08. The summed E-state index contributed by atoms with van der Waals surface area (Å²) in [5.41, 5.74) is 2.72. The van der Waals surface area contributed by atoms with Crippen LogP contribution in [0.3, 0.4) is 0 Å². The van der Waals surface area contributed by atoms with Gasteiger partial charge in [0.05, 0.1) is 7.11 Å². The van der Waals surface area contributed by atoms with Crippen molar-refractivity contribution in [1.82, 2.24) is 5.32 Å². The molecule has 1 saturated heterocycles. The van der Waals surface area contributed by atoms with Crippen LogP contribution >= 0.6 is 0 Å². The topological polar surface area (TPSA) is 24.5 Å². The molecule has 0 saturated carbocycles. The molecule has 2 rings (SSSR count). The summed E-state index contributed by atoms with van der Waals surface area (Å²) in [7, 11) is 1.73. The summed E-state index contributed by atoms with van der Waals surface area (Å²) in [5, 5.41) is 3.68. The van der Waals surface area contributed by atoms with Crippen molar-refractivity contribution < 1.29 is 4.74 Å². The molecule has 1 aromatic carbocycles. The Bertz CT molecular complexity index is 433. The maximum Gasteiger partial charge on any atom is 0.121 e. The molecular formula is C16H26N2O. The molecule has 3 nitrogen and oxygen atoms in total. The number of aryl methyl sites for hydroxylation is 1. The van der Waals surface area contributed by atoms with E-state index in [1.54, 1.807) is 7.11 Å². The second-order valence-corrected chi connectivity index (χ2v) is 5.77. The highest BCUT2D eigenvalue weighted by Crippen LogP contribution is 2.27. The molecule has 1 heterocycles. The third-order valence-corrected chi connectivity index (χ3v) is 4.22. The lowest BCUT2D eigenvalue weighted by Gasteiger charge is -2.34. The van der Waals surface area contributed by atoms with Crippen molar-refractivity contribution in [3.05, 3.63) is 23.8 Å². The van der Waals surface area contributed by atoms with Crippen LogP contribution < -0.4 is 15.0 Å². The smallest absolute Gasteiger partial charge is 0.121 e. The quantitative estimate of drug-likeness (QED) is 0.906. The molecule has 0 aromatic heterocycles. The van der Waals surface area contributed by atoms with Gasteiger partial charge >= 0.3 is 0 Å². The van der Waals surface area contributed by atoms with Crippen LogP contribution in [0.25, 0.3) is 0 Å². The fraction of sp³-hybridized carbons (Fsp3) is 0.625. The molecule has 1 aliphatic heterocycles. The first-order valence-electron chi connectivity index (χ1n) is 7.22. The Hall–Kier alpha value is -1.22. The van der Waals surface area contributed by atoms with Crippen molar-refractivity contribution in [2.45, 2.75) is 39.2 Å². The van der Waals surface area contributed by atoms with E-state index in [0.29, 0.717) is 0 Å². The van der Waals surface area contributed by atoms with Gasteiger partial charge in [0, 0.05) is 24.3 Å². The Balaban J connectivity index is 2.22. The van der Waals surface area contributed by atoms with Crippen LogP contribution in [0.4, 0.5) is 5.69 Å². The normalized spacial score (nSPS) is 24.1. The number of benzene rings is 1. The Morgan fingerprint density at radius 1 is 1.42 bits per heavy atom. The third-order valence-electron chi connectivity index (χ3n) is 4.22. The Labute approximate surface area is 116 Å². The van der Waals surface area contributed by atoms with E-state index in [4.69, 9.17) is 4.74 Å². The molecular weight excluding hydrogens is 236 g/mol. The predicted molar refractivity (Wildman–Crippen MR) is 81.3 cm³/mol. The molecule has 1 N–H and O–H groups in total. The molecule has 0 aliphatic carbocycles. The summed E-state index contributed by atoms with van der Waals surface area (Å²) < 4.78 is 5.34. The number of hydrogen-bond acceptors (Lipinski definition) is 3. The van der Waals surface area contributed by atoms with Gasteiger partial charge < -0.3 is 15.0 Å². The van der Waals surface area contributed by atoms with E-state index in [2.05, 4.69) is 49.2 Å². The first-order valence-corrected chi connectivity index (χ1v) is 7.22. The number of rotatable bonds is 3. The van der Waals surface area contributed by atoms with Gasteiger partial charge in [-0.3, -0.25) is 0 Å². The van der Waals surface area contributed by atoms with Crippen LogP contribution in [0.15, 0.2) is 18.2 Å². The summed E-state index contributed by atoms with van der Waals surface area (Å²) in [6, 6.07) is 6.49. The van der Waals surface area contributed by atoms with Crippen molar-refractivity contribution in [2.75, 3.05) is 31.6 Å². The van der Waals surface area contributed by atoms with E-state index in [1.165, 1.54) is 17.7 Å². The van der Waals surface area contributed by atoms with Gasteiger partial charge in [0.25, 0.3) is 0 Å². The monoisotopic (exact) mass is 262 g/mol. The molecule has 1 unspecified atom stereocenters. The summed E-state index contributed by atoms with van der Waals surface area (Å²) in [6.07, 6.45) is 2.35. The Kier molecular flexibility index (Phi) is 4.35. The molecule has 1 aromatic rings. The number of nitrogens with one attached hydrogen (secondary N) is 1. The minimum Gasteiger partial charge on any atom is -0.496 e. The van der Waals surface area contributed by atoms with Crippen LogP contribution in [0.5, 0.6) is 5.75 Å². The van der Waals surface area contributed by atoms with Crippen molar-refractivity contribution in [1.29, 1.82) is 0 Å². The van der Waals surface area contributed by atoms with Gasteiger partial charge in [0.15, 0.2) is 0 Å². The molecule has 0 radical (unpaired) electrons. The molecule has 1 aliphatic rings. The SMILES string of the molecule is CCC1(C)CN(c2ccc(OC)c(C)c2)CCCN1. The zero-order valence-corrected chi connectivity index (χ0v) is 12.6. The van der Waals surface area contributed by atoms with Gasteiger partial charge in [-0.05, 0) is 57.0 Å². The summed E-state index contributed by atoms with van der Waals surface area (Å²) in [6.45, 7) is 9.98. The van der Waals surface area contributed by atoms with Gasteiger partial charge in [-0.2, -0.15) is 0 Å². The highest BCUT2D eigenvalue weighted by molar-refractivity contribution is 5.53. The van der Waals surface area contributed by atoms with E-state index in [-0.39, 0.29) is 5.54 Å². The zero-order chi connectivity index (χ0) is 13.9. The lowest BCUT2D eigenvalue weighted by molar-refractivity contribution is 0.366. The predicted octanol–water partition coefficient (Wildman–Crippen LogP) is 2.97. The van der Waals surface area contributed by atoms with E-state index in [9.17, 15) is 0 Å². The molecule has 0 amide bonds. The molecule has 3 heteroatoms. The Morgan fingerprint density at radius 2 is 2.21 bits per heavy atom. The third kappa shape index (κ3) is 3.21. The molecule has 19 heavy (non-hydrogen) atoms. The van der Waals surface area contributed by atoms with Crippen LogP contribution in [0.1, 0.15) is 32.3 Å².